The molecule has 2 aliphatic heterocycles. The fourth-order valence-corrected chi connectivity index (χ4v) is 3.31. The van der Waals surface area contributed by atoms with Crippen LogP contribution in [0.5, 0.6) is 0 Å². The van der Waals surface area contributed by atoms with Gasteiger partial charge >= 0.3 is 0 Å². The SMILES string of the molecule is N=Cc1ccc(C2CCN(C3COC3)C[C@H]2F)c(Cl)c1. The Balaban J connectivity index is 1.73. The second kappa shape index (κ2) is 5.80. The molecule has 0 amide bonds. The number of halogens is 2. The molecule has 0 bridgehead atoms. The number of benzene rings is 1. The Morgan fingerprint density at radius 1 is 1.40 bits per heavy atom. The molecular weight excluding hydrogens is 279 g/mol. The van der Waals surface area contributed by atoms with Gasteiger partial charge in [0.1, 0.15) is 6.17 Å². The molecule has 3 nitrogen and oxygen atoms in total. The molecular formula is C15H18ClFN2O. The first-order valence-corrected chi connectivity index (χ1v) is 7.32. The molecule has 2 saturated heterocycles. The summed E-state index contributed by atoms with van der Waals surface area (Å²) in [6.45, 7) is 2.81. The van der Waals surface area contributed by atoms with Crippen molar-refractivity contribution in [3.63, 3.8) is 0 Å². The lowest BCUT2D eigenvalue weighted by Crippen LogP contribution is -2.54. The Labute approximate surface area is 123 Å². The molecule has 0 spiro atoms. The summed E-state index contributed by atoms with van der Waals surface area (Å²) in [6, 6.07) is 5.82. The molecule has 1 unspecified atom stereocenters. The highest BCUT2D eigenvalue weighted by Crippen LogP contribution is 2.36. The first kappa shape index (κ1) is 14.0. The molecule has 0 aliphatic carbocycles. The van der Waals surface area contributed by atoms with Crippen LogP contribution >= 0.6 is 11.6 Å². The molecule has 5 heteroatoms. The number of hydrogen-bond donors (Lipinski definition) is 1. The maximum Gasteiger partial charge on any atom is 0.120 e. The van der Waals surface area contributed by atoms with Crippen LogP contribution in [0.15, 0.2) is 18.2 Å². The van der Waals surface area contributed by atoms with Crippen LogP contribution in [0, 0.1) is 5.41 Å². The summed E-state index contributed by atoms with van der Waals surface area (Å²) < 4.78 is 19.7. The summed E-state index contributed by atoms with van der Waals surface area (Å²) in [6.07, 6.45) is 1.14. The predicted octanol–water partition coefficient (Wildman–Crippen LogP) is 2.86. The van der Waals surface area contributed by atoms with E-state index in [1.54, 1.807) is 6.07 Å². The largest absolute Gasteiger partial charge is 0.378 e. The van der Waals surface area contributed by atoms with Crippen molar-refractivity contribution in [3.8, 4) is 0 Å². The minimum Gasteiger partial charge on any atom is -0.378 e. The molecule has 2 atom stereocenters. The Hall–Kier alpha value is -0.970. The van der Waals surface area contributed by atoms with Gasteiger partial charge in [-0.1, -0.05) is 23.7 Å². The number of nitrogens with one attached hydrogen (secondary N) is 1. The van der Waals surface area contributed by atoms with Gasteiger partial charge in [-0.05, 0) is 30.2 Å². The van der Waals surface area contributed by atoms with E-state index in [1.807, 2.05) is 12.1 Å². The number of likely N-dealkylation sites (tertiary alicyclic amines) is 1. The maximum absolute atomic E-state index is 14.5. The second-order valence-corrected chi connectivity index (χ2v) is 5.93. The molecule has 3 rings (SSSR count). The minimum absolute atomic E-state index is 0.139. The van der Waals surface area contributed by atoms with Gasteiger partial charge in [0, 0.05) is 23.7 Å². The number of rotatable bonds is 3. The van der Waals surface area contributed by atoms with E-state index in [-0.39, 0.29) is 5.92 Å². The smallest absolute Gasteiger partial charge is 0.120 e. The molecule has 1 N–H and O–H groups in total. The lowest BCUT2D eigenvalue weighted by Gasteiger charge is -2.43. The molecule has 2 aliphatic rings. The lowest BCUT2D eigenvalue weighted by molar-refractivity contribution is -0.0806. The zero-order chi connectivity index (χ0) is 14.1. The van der Waals surface area contributed by atoms with Crippen molar-refractivity contribution in [2.45, 2.75) is 24.6 Å². The topological polar surface area (TPSA) is 36.3 Å². The van der Waals surface area contributed by atoms with Crippen molar-refractivity contribution < 1.29 is 9.13 Å². The quantitative estimate of drug-likeness (QED) is 0.871. The molecule has 0 aromatic heterocycles. The highest BCUT2D eigenvalue weighted by Gasteiger charge is 2.36. The molecule has 20 heavy (non-hydrogen) atoms. The van der Waals surface area contributed by atoms with Crippen LogP contribution in [0.4, 0.5) is 4.39 Å². The monoisotopic (exact) mass is 296 g/mol. The summed E-state index contributed by atoms with van der Waals surface area (Å²) in [5.74, 6) is -0.139. The highest BCUT2D eigenvalue weighted by atomic mass is 35.5. The van der Waals surface area contributed by atoms with Crippen molar-refractivity contribution in [1.82, 2.24) is 4.90 Å². The van der Waals surface area contributed by atoms with Crippen molar-refractivity contribution in [1.29, 1.82) is 5.41 Å². The van der Waals surface area contributed by atoms with Crippen LogP contribution in [-0.4, -0.2) is 49.6 Å². The van der Waals surface area contributed by atoms with Crippen LogP contribution in [0.3, 0.4) is 0 Å². The van der Waals surface area contributed by atoms with Gasteiger partial charge in [0.05, 0.1) is 19.3 Å². The van der Waals surface area contributed by atoms with Gasteiger partial charge in [-0.25, -0.2) is 4.39 Å². The summed E-state index contributed by atoms with van der Waals surface area (Å²) >= 11 is 6.24. The molecule has 2 fully saturated rings. The molecule has 108 valence electrons. The Kier molecular flexibility index (Phi) is 4.06. The van der Waals surface area contributed by atoms with E-state index >= 15 is 0 Å². The van der Waals surface area contributed by atoms with Crippen molar-refractivity contribution in [2.24, 2.45) is 0 Å². The van der Waals surface area contributed by atoms with Gasteiger partial charge in [-0.2, -0.15) is 0 Å². The number of alkyl halides is 1. The third-order valence-electron chi connectivity index (χ3n) is 4.30. The zero-order valence-corrected chi connectivity index (χ0v) is 11.9. The van der Waals surface area contributed by atoms with E-state index in [4.69, 9.17) is 21.7 Å². The fourth-order valence-electron chi connectivity index (χ4n) is 2.98. The van der Waals surface area contributed by atoms with Crippen LogP contribution in [0.1, 0.15) is 23.5 Å². The summed E-state index contributed by atoms with van der Waals surface area (Å²) in [7, 11) is 0. The average molecular weight is 297 g/mol. The minimum atomic E-state index is -0.896. The van der Waals surface area contributed by atoms with E-state index < -0.39 is 6.17 Å². The molecule has 0 radical (unpaired) electrons. The number of hydrogen-bond acceptors (Lipinski definition) is 3. The van der Waals surface area contributed by atoms with Gasteiger partial charge in [-0.3, -0.25) is 4.90 Å². The first-order chi connectivity index (χ1) is 9.69. The van der Waals surface area contributed by atoms with Crippen molar-refractivity contribution >= 4 is 17.8 Å². The molecule has 1 aromatic carbocycles. The van der Waals surface area contributed by atoms with E-state index in [0.29, 0.717) is 17.6 Å². The van der Waals surface area contributed by atoms with Crippen LogP contribution in [0.2, 0.25) is 5.02 Å². The summed E-state index contributed by atoms with van der Waals surface area (Å²) in [4.78, 5) is 2.19. The first-order valence-electron chi connectivity index (χ1n) is 6.95. The third-order valence-corrected chi connectivity index (χ3v) is 4.63. The zero-order valence-electron chi connectivity index (χ0n) is 11.2. The Morgan fingerprint density at radius 3 is 2.75 bits per heavy atom. The number of ether oxygens (including phenoxy) is 1. The Bertz CT molecular complexity index is 507. The van der Waals surface area contributed by atoms with Crippen LogP contribution < -0.4 is 0 Å². The number of piperidine rings is 1. The fraction of sp³-hybridized carbons (Fsp3) is 0.533. The lowest BCUT2D eigenvalue weighted by atomic mass is 9.86. The number of nitrogens with zero attached hydrogens (tertiary/aromatic N) is 1. The van der Waals surface area contributed by atoms with E-state index in [9.17, 15) is 4.39 Å². The molecule has 2 heterocycles. The predicted molar refractivity (Wildman–Crippen MR) is 77.8 cm³/mol. The van der Waals surface area contributed by atoms with Crippen molar-refractivity contribution in [2.75, 3.05) is 26.3 Å². The standard InChI is InChI=1S/C15H18ClFN2O/c16-14-5-10(6-18)1-2-12(14)13-3-4-19(7-15(13)17)11-8-20-9-11/h1-2,5-6,11,13,15,18H,3-4,7-9H2/t13?,15-/m1/s1. The van der Waals surface area contributed by atoms with E-state index in [1.165, 1.54) is 6.21 Å². The maximum atomic E-state index is 14.5. The van der Waals surface area contributed by atoms with E-state index in [2.05, 4.69) is 4.90 Å². The summed E-state index contributed by atoms with van der Waals surface area (Å²) in [5.41, 5.74) is 1.62. The van der Waals surface area contributed by atoms with Gasteiger partial charge in [-0.15, -0.1) is 0 Å². The highest BCUT2D eigenvalue weighted by molar-refractivity contribution is 6.31. The van der Waals surface area contributed by atoms with Gasteiger partial charge in [0.25, 0.3) is 0 Å². The van der Waals surface area contributed by atoms with Crippen LogP contribution in [-0.2, 0) is 4.74 Å². The van der Waals surface area contributed by atoms with Gasteiger partial charge < -0.3 is 10.1 Å². The molecule has 1 aromatic rings. The average Bonchev–Trinajstić information content (AvgIpc) is 2.37. The summed E-state index contributed by atoms with van der Waals surface area (Å²) in [5, 5.41) is 7.79. The van der Waals surface area contributed by atoms with Gasteiger partial charge in [0.15, 0.2) is 0 Å². The Morgan fingerprint density at radius 2 is 2.20 bits per heavy atom. The second-order valence-electron chi connectivity index (χ2n) is 5.52. The van der Waals surface area contributed by atoms with Crippen LogP contribution in [0.25, 0.3) is 0 Å². The normalized spacial score (nSPS) is 28.1. The molecule has 0 saturated carbocycles. The van der Waals surface area contributed by atoms with Crippen molar-refractivity contribution in [3.05, 3.63) is 34.3 Å². The van der Waals surface area contributed by atoms with Gasteiger partial charge in [0.2, 0.25) is 0 Å². The third kappa shape index (κ3) is 2.60. The van der Waals surface area contributed by atoms with E-state index in [0.717, 1.165) is 37.3 Å².